The van der Waals surface area contributed by atoms with Gasteiger partial charge in [-0.25, -0.2) is 0 Å². The molecular formula is C34H78O21. The lowest BCUT2D eigenvalue weighted by Crippen LogP contribution is -2.45. The summed E-state index contributed by atoms with van der Waals surface area (Å²) in [6, 6.07) is 0. The van der Waals surface area contributed by atoms with Crippen molar-refractivity contribution in [2.24, 2.45) is 38.9 Å². The standard InChI is InChI=1S/C15H32O10.C5H12O4.C5H12O3.C5H12O.C4H10O3/c16-1-13(2-17,3-18)9-24-11-15(7-22,8-23)12-25-10-14(4-19,5-20)6-21;6-1-5(2-7,3-8)4-9;1-5(2-6,3-7)4-8;1-3-5(2)4-6;5-1-4(2-6)3-7/h16-23H,1-12H2;6-9H,1-4H2;6-8H,2-4H2,1H3;5-6H,3-4H2,1-2H3;4-7H,1-3H2. The van der Waals surface area contributed by atoms with Crippen molar-refractivity contribution in [3.05, 3.63) is 0 Å². The first kappa shape index (κ1) is 63.3. The van der Waals surface area contributed by atoms with Crippen molar-refractivity contribution in [2.45, 2.75) is 27.2 Å². The molecule has 0 rings (SSSR count). The summed E-state index contributed by atoms with van der Waals surface area (Å²) in [5, 5.41) is 167. The number of hydrogen-bond acceptors (Lipinski definition) is 21. The summed E-state index contributed by atoms with van der Waals surface area (Å²) in [7, 11) is 0. The van der Waals surface area contributed by atoms with E-state index in [-0.39, 0.29) is 72.0 Å². The molecule has 0 saturated carbocycles. The van der Waals surface area contributed by atoms with Crippen molar-refractivity contribution in [3.8, 4) is 0 Å². The van der Waals surface area contributed by atoms with E-state index >= 15 is 0 Å². The molecule has 340 valence electrons. The maximum absolute atomic E-state index is 9.56. The van der Waals surface area contributed by atoms with Crippen LogP contribution in [-0.2, 0) is 9.47 Å². The molecule has 0 aromatic rings. The van der Waals surface area contributed by atoms with Crippen LogP contribution in [0.1, 0.15) is 27.2 Å². The van der Waals surface area contributed by atoms with Crippen LogP contribution in [0.4, 0.5) is 0 Å². The van der Waals surface area contributed by atoms with Crippen molar-refractivity contribution < 1.29 is 106 Å². The van der Waals surface area contributed by atoms with Crippen LogP contribution in [0.5, 0.6) is 0 Å². The van der Waals surface area contributed by atoms with Gasteiger partial charge in [-0.1, -0.05) is 27.2 Å². The fraction of sp³-hybridized carbons (Fsp3) is 1.00. The van der Waals surface area contributed by atoms with E-state index in [1.165, 1.54) is 0 Å². The van der Waals surface area contributed by atoms with E-state index in [4.69, 9.17) is 65.6 Å². The molecule has 21 heteroatoms. The quantitative estimate of drug-likeness (QED) is 0.0348. The first-order valence-corrected chi connectivity index (χ1v) is 17.7. The maximum Gasteiger partial charge on any atom is 0.0632 e. The van der Waals surface area contributed by atoms with E-state index in [1.54, 1.807) is 6.92 Å². The molecule has 0 heterocycles. The van der Waals surface area contributed by atoms with Crippen molar-refractivity contribution in [2.75, 3.05) is 152 Å². The number of rotatable bonds is 28. The average Bonchev–Trinajstić information content (AvgIpc) is 3.25. The van der Waals surface area contributed by atoms with Gasteiger partial charge >= 0.3 is 0 Å². The smallest absolute Gasteiger partial charge is 0.0632 e. The topological polar surface area (TPSA) is 403 Å². The second-order valence-electron chi connectivity index (χ2n) is 14.3. The lowest BCUT2D eigenvalue weighted by Gasteiger charge is -2.34. The van der Waals surface area contributed by atoms with Crippen LogP contribution in [0, 0.1) is 38.9 Å². The van der Waals surface area contributed by atoms with Crippen LogP contribution in [-0.4, -0.2) is 249 Å². The molecule has 0 fully saturated rings. The zero-order valence-electron chi connectivity index (χ0n) is 32.9. The van der Waals surface area contributed by atoms with Gasteiger partial charge in [0.2, 0.25) is 0 Å². The Morgan fingerprint density at radius 2 is 0.582 bits per heavy atom. The van der Waals surface area contributed by atoms with Crippen molar-refractivity contribution in [3.63, 3.8) is 0 Å². The molecule has 0 spiro atoms. The third-order valence-corrected chi connectivity index (χ3v) is 8.59. The minimum atomic E-state index is -1.24. The minimum Gasteiger partial charge on any atom is -0.396 e. The van der Waals surface area contributed by atoms with Gasteiger partial charge in [0.1, 0.15) is 0 Å². The summed E-state index contributed by atoms with van der Waals surface area (Å²) >= 11 is 0. The maximum atomic E-state index is 9.56. The van der Waals surface area contributed by atoms with Gasteiger partial charge in [0, 0.05) is 17.9 Å². The summed E-state index contributed by atoms with van der Waals surface area (Å²) < 4.78 is 10.7. The third-order valence-electron chi connectivity index (χ3n) is 8.59. The molecule has 21 nitrogen and oxygen atoms in total. The van der Waals surface area contributed by atoms with E-state index in [0.29, 0.717) is 12.5 Å². The molecule has 0 amide bonds. The Labute approximate surface area is 324 Å². The van der Waals surface area contributed by atoms with Gasteiger partial charge in [-0.05, 0) is 5.92 Å². The Morgan fingerprint density at radius 1 is 0.345 bits per heavy atom. The summed E-state index contributed by atoms with van der Waals surface area (Å²) in [6.45, 7) is -1.39. The highest BCUT2D eigenvalue weighted by atomic mass is 16.5. The summed E-state index contributed by atoms with van der Waals surface area (Å²) in [5.74, 6) is 0.144. The van der Waals surface area contributed by atoms with E-state index in [1.807, 2.05) is 6.92 Å². The first-order chi connectivity index (χ1) is 26.0. The van der Waals surface area contributed by atoms with Gasteiger partial charge in [0.05, 0.1) is 167 Å². The Bertz CT molecular complexity index is 677. The molecule has 0 aliphatic heterocycles. The van der Waals surface area contributed by atoms with Crippen molar-refractivity contribution >= 4 is 0 Å². The van der Waals surface area contributed by atoms with Crippen molar-refractivity contribution in [1.29, 1.82) is 0 Å². The Hall–Kier alpha value is -0.840. The van der Waals surface area contributed by atoms with E-state index < -0.39 is 106 Å². The molecule has 19 N–H and O–H groups in total. The molecule has 0 radical (unpaired) electrons. The van der Waals surface area contributed by atoms with Gasteiger partial charge in [0.25, 0.3) is 0 Å². The molecule has 0 saturated heterocycles. The molecule has 0 bridgehead atoms. The largest absolute Gasteiger partial charge is 0.396 e. The monoisotopic (exact) mass is 823 g/mol. The number of aliphatic hydroxyl groups is 19. The number of hydrogen-bond donors (Lipinski definition) is 19. The van der Waals surface area contributed by atoms with Crippen LogP contribution >= 0.6 is 0 Å². The number of aliphatic hydroxyl groups excluding tert-OH is 19. The summed E-state index contributed by atoms with van der Waals surface area (Å²) in [4.78, 5) is 0. The SMILES string of the molecule is CC(CO)(CO)CO.CCC(C)CO.OCC(CO)(CO)CO.OCC(CO)(CO)COCC(CO)(CO)COCC(CO)(CO)CO.OCC(CO)CO. The highest BCUT2D eigenvalue weighted by Crippen LogP contribution is 2.23. The highest BCUT2D eigenvalue weighted by molar-refractivity contribution is 4.82. The third kappa shape index (κ3) is 28.3. The second-order valence-corrected chi connectivity index (χ2v) is 14.3. The lowest BCUT2D eigenvalue weighted by molar-refractivity contribution is -0.127. The first-order valence-electron chi connectivity index (χ1n) is 17.7. The Kier molecular flexibility index (Phi) is 44.5. The molecule has 55 heavy (non-hydrogen) atoms. The molecule has 1 atom stereocenters. The van der Waals surface area contributed by atoms with Crippen LogP contribution in [0.25, 0.3) is 0 Å². The zero-order valence-corrected chi connectivity index (χ0v) is 32.9. The summed E-state index contributed by atoms with van der Waals surface area (Å²) in [6.07, 6.45) is 1.08. The van der Waals surface area contributed by atoms with E-state index in [9.17, 15) is 40.9 Å². The van der Waals surface area contributed by atoms with Gasteiger partial charge in [-0.2, -0.15) is 0 Å². The molecule has 0 aliphatic carbocycles. The van der Waals surface area contributed by atoms with Crippen LogP contribution < -0.4 is 0 Å². The molecule has 1 unspecified atom stereocenters. The van der Waals surface area contributed by atoms with Crippen LogP contribution in [0.15, 0.2) is 0 Å². The lowest BCUT2D eigenvalue weighted by atomic mass is 9.90. The van der Waals surface area contributed by atoms with Gasteiger partial charge in [0.15, 0.2) is 0 Å². The Morgan fingerprint density at radius 3 is 0.673 bits per heavy atom. The minimum absolute atomic E-state index is 0.146. The van der Waals surface area contributed by atoms with Gasteiger partial charge < -0.3 is 106 Å². The number of ether oxygens (including phenoxy) is 2. The Balaban J connectivity index is -0.000000225. The van der Waals surface area contributed by atoms with Gasteiger partial charge in [-0.3, -0.25) is 0 Å². The molecular weight excluding hydrogens is 744 g/mol. The normalized spacial score (nSPS) is 12.7. The molecule has 0 aromatic carbocycles. The van der Waals surface area contributed by atoms with Crippen LogP contribution in [0.2, 0.25) is 0 Å². The fourth-order valence-corrected chi connectivity index (χ4v) is 2.57. The zero-order chi connectivity index (χ0) is 44.0. The highest BCUT2D eigenvalue weighted by Gasteiger charge is 2.35. The fourth-order valence-electron chi connectivity index (χ4n) is 2.57. The average molecular weight is 823 g/mol. The van der Waals surface area contributed by atoms with E-state index in [2.05, 4.69) is 6.92 Å². The molecule has 0 aliphatic rings. The van der Waals surface area contributed by atoms with Crippen molar-refractivity contribution in [1.82, 2.24) is 0 Å². The molecule has 0 aromatic heterocycles. The second kappa shape index (κ2) is 38.7. The van der Waals surface area contributed by atoms with E-state index in [0.717, 1.165) is 6.42 Å². The summed E-state index contributed by atoms with van der Waals surface area (Å²) in [5.41, 5.74) is -5.51. The van der Waals surface area contributed by atoms with Crippen LogP contribution in [0.3, 0.4) is 0 Å². The predicted octanol–water partition coefficient (Wildman–Crippen LogP) is -7.57. The van der Waals surface area contributed by atoms with Gasteiger partial charge in [-0.15, -0.1) is 0 Å². The predicted molar refractivity (Wildman–Crippen MR) is 197 cm³/mol.